The van der Waals surface area contributed by atoms with Gasteiger partial charge in [0.1, 0.15) is 5.69 Å². The first kappa shape index (κ1) is 18.5. The second-order valence-electron chi connectivity index (χ2n) is 8.50. The summed E-state index contributed by atoms with van der Waals surface area (Å²) in [6.45, 7) is 7.12. The van der Waals surface area contributed by atoms with E-state index in [-0.39, 0.29) is 11.3 Å². The van der Waals surface area contributed by atoms with Crippen molar-refractivity contribution in [2.45, 2.75) is 52.0 Å². The maximum Gasteiger partial charge on any atom is 0.270 e. The molecule has 0 aliphatic heterocycles. The van der Waals surface area contributed by atoms with E-state index in [1.807, 2.05) is 35.0 Å². The maximum absolute atomic E-state index is 13.1. The Kier molecular flexibility index (Phi) is 4.80. The summed E-state index contributed by atoms with van der Waals surface area (Å²) in [5.74, 6) is -0.0561. The van der Waals surface area contributed by atoms with Crippen LogP contribution in [-0.2, 0) is 24.8 Å². The van der Waals surface area contributed by atoms with Crippen molar-refractivity contribution >= 4 is 5.91 Å². The van der Waals surface area contributed by atoms with Crippen LogP contribution in [0.4, 0.5) is 0 Å². The Hall–Kier alpha value is -2.88. The van der Waals surface area contributed by atoms with Gasteiger partial charge in [-0.3, -0.25) is 4.79 Å². The van der Waals surface area contributed by atoms with E-state index in [1.54, 1.807) is 0 Å². The summed E-state index contributed by atoms with van der Waals surface area (Å²) in [7, 11) is 0. The molecule has 1 aliphatic rings. The Morgan fingerprint density at radius 1 is 1.04 bits per heavy atom. The Labute approximate surface area is 166 Å². The summed E-state index contributed by atoms with van der Waals surface area (Å²) >= 11 is 0. The van der Waals surface area contributed by atoms with E-state index in [0.717, 1.165) is 41.8 Å². The van der Waals surface area contributed by atoms with Crippen LogP contribution in [0.2, 0.25) is 0 Å². The average molecular weight is 374 g/mol. The fraction of sp³-hybridized carbons (Fsp3) is 0.333. The van der Waals surface area contributed by atoms with Gasteiger partial charge in [0.2, 0.25) is 0 Å². The van der Waals surface area contributed by atoms with Crippen molar-refractivity contribution in [1.82, 2.24) is 15.1 Å². The second kappa shape index (κ2) is 7.27. The van der Waals surface area contributed by atoms with Crippen molar-refractivity contribution < 1.29 is 4.79 Å². The molecule has 4 rings (SSSR count). The van der Waals surface area contributed by atoms with Crippen LogP contribution in [0.1, 0.15) is 60.1 Å². The third-order valence-corrected chi connectivity index (χ3v) is 5.40. The number of nitrogens with zero attached hydrogens (tertiary/aromatic N) is 2. The normalized spacial score (nSPS) is 13.4. The molecule has 1 heterocycles. The number of amides is 1. The zero-order valence-corrected chi connectivity index (χ0v) is 16.8. The molecular weight excluding hydrogens is 346 g/mol. The van der Waals surface area contributed by atoms with Crippen LogP contribution in [-0.4, -0.2) is 15.7 Å². The number of benzene rings is 2. The highest BCUT2D eigenvalue weighted by Gasteiger charge is 2.27. The number of carbonyl (C=O) groups excluding carboxylic acids is 1. The molecule has 144 valence electrons. The predicted octanol–water partition coefficient (Wildman–Crippen LogP) is 4.59. The quantitative estimate of drug-likeness (QED) is 0.727. The van der Waals surface area contributed by atoms with Gasteiger partial charge in [-0.25, -0.2) is 4.68 Å². The lowest BCUT2D eigenvalue weighted by atomic mass is 9.87. The van der Waals surface area contributed by atoms with Crippen LogP contribution in [0.25, 0.3) is 5.69 Å². The Morgan fingerprint density at radius 3 is 2.43 bits per heavy atom. The third-order valence-electron chi connectivity index (χ3n) is 5.40. The van der Waals surface area contributed by atoms with Crippen molar-refractivity contribution in [2.75, 3.05) is 0 Å². The topological polar surface area (TPSA) is 46.9 Å². The lowest BCUT2D eigenvalue weighted by Crippen LogP contribution is -2.26. The number of para-hydroxylation sites is 1. The van der Waals surface area contributed by atoms with Crippen LogP contribution in [0.15, 0.2) is 54.6 Å². The largest absolute Gasteiger partial charge is 0.347 e. The minimum absolute atomic E-state index is 0.0561. The first-order valence-corrected chi connectivity index (χ1v) is 9.97. The summed E-state index contributed by atoms with van der Waals surface area (Å²) < 4.78 is 1.81. The van der Waals surface area contributed by atoms with E-state index in [1.165, 1.54) is 5.56 Å². The zero-order chi connectivity index (χ0) is 19.7. The molecule has 0 fully saturated rings. The predicted molar refractivity (Wildman–Crippen MR) is 112 cm³/mol. The highest BCUT2D eigenvalue weighted by atomic mass is 16.2. The Balaban J connectivity index is 1.55. The number of nitrogens with one attached hydrogen (secondary N) is 1. The molecule has 0 bridgehead atoms. The number of aryl methyl sites for hydroxylation is 1. The summed E-state index contributed by atoms with van der Waals surface area (Å²) in [4.78, 5) is 13.1. The van der Waals surface area contributed by atoms with E-state index < -0.39 is 0 Å². The van der Waals surface area contributed by atoms with Crippen LogP contribution in [0.3, 0.4) is 0 Å². The van der Waals surface area contributed by atoms with Crippen molar-refractivity contribution in [1.29, 1.82) is 0 Å². The van der Waals surface area contributed by atoms with Crippen LogP contribution in [0, 0.1) is 0 Å². The molecule has 0 spiro atoms. The van der Waals surface area contributed by atoms with Crippen molar-refractivity contribution in [3.8, 4) is 5.69 Å². The molecule has 1 amide bonds. The van der Waals surface area contributed by atoms with E-state index in [9.17, 15) is 4.79 Å². The van der Waals surface area contributed by atoms with Crippen molar-refractivity contribution in [3.63, 3.8) is 0 Å². The lowest BCUT2D eigenvalue weighted by Gasteiger charge is -2.19. The molecule has 0 saturated carbocycles. The molecule has 0 unspecified atom stereocenters. The molecule has 0 saturated heterocycles. The molecule has 1 aromatic heterocycles. The number of carbonyl (C=O) groups is 1. The standard InChI is InChI=1S/C24H27N3O/c1-24(2,3)18-14-12-17(13-15-18)16-25-23(28)22-20-10-7-11-21(20)26-27(22)19-8-5-4-6-9-19/h4-6,8-9,12-15H,7,10-11,16H2,1-3H3,(H,25,28). The number of hydrogen-bond acceptors (Lipinski definition) is 2. The fourth-order valence-electron chi connectivity index (χ4n) is 3.77. The van der Waals surface area contributed by atoms with E-state index in [2.05, 4.69) is 50.4 Å². The summed E-state index contributed by atoms with van der Waals surface area (Å²) in [5, 5.41) is 7.83. The zero-order valence-electron chi connectivity index (χ0n) is 16.8. The molecular formula is C24H27N3O. The summed E-state index contributed by atoms with van der Waals surface area (Å²) in [5.41, 5.74) is 6.30. The molecule has 2 aromatic carbocycles. The third kappa shape index (κ3) is 3.59. The number of aromatic nitrogens is 2. The maximum atomic E-state index is 13.1. The SMILES string of the molecule is CC(C)(C)c1ccc(CNC(=O)c2c3c(nn2-c2ccccc2)CCC3)cc1. The molecule has 4 heteroatoms. The van der Waals surface area contributed by atoms with E-state index >= 15 is 0 Å². The minimum atomic E-state index is -0.0561. The van der Waals surface area contributed by atoms with Gasteiger partial charge in [0.15, 0.2) is 0 Å². The fourth-order valence-corrected chi connectivity index (χ4v) is 3.77. The Morgan fingerprint density at radius 2 is 1.75 bits per heavy atom. The van der Waals surface area contributed by atoms with Gasteiger partial charge < -0.3 is 5.32 Å². The summed E-state index contributed by atoms with van der Waals surface area (Å²) in [6, 6.07) is 18.4. The van der Waals surface area contributed by atoms with Crippen LogP contribution in [0.5, 0.6) is 0 Å². The number of hydrogen-bond donors (Lipinski definition) is 1. The number of fused-ring (bicyclic) bond motifs is 1. The monoisotopic (exact) mass is 373 g/mol. The van der Waals surface area contributed by atoms with Gasteiger partial charge >= 0.3 is 0 Å². The van der Waals surface area contributed by atoms with Gasteiger partial charge in [0, 0.05) is 12.1 Å². The van der Waals surface area contributed by atoms with Gasteiger partial charge in [0.05, 0.1) is 11.4 Å². The Bertz CT molecular complexity index is 979. The lowest BCUT2D eigenvalue weighted by molar-refractivity contribution is 0.0942. The van der Waals surface area contributed by atoms with Gasteiger partial charge in [0.25, 0.3) is 5.91 Å². The van der Waals surface area contributed by atoms with Gasteiger partial charge in [-0.2, -0.15) is 5.10 Å². The average Bonchev–Trinajstić information content (AvgIpc) is 3.27. The molecule has 1 N–H and O–H groups in total. The molecule has 4 nitrogen and oxygen atoms in total. The second-order valence-corrected chi connectivity index (χ2v) is 8.50. The first-order chi connectivity index (χ1) is 13.4. The van der Waals surface area contributed by atoms with Crippen LogP contribution >= 0.6 is 0 Å². The highest BCUT2D eigenvalue weighted by molar-refractivity contribution is 5.95. The van der Waals surface area contributed by atoms with Gasteiger partial charge in [-0.05, 0) is 47.9 Å². The van der Waals surface area contributed by atoms with E-state index in [0.29, 0.717) is 12.2 Å². The minimum Gasteiger partial charge on any atom is -0.347 e. The molecule has 28 heavy (non-hydrogen) atoms. The molecule has 0 radical (unpaired) electrons. The smallest absolute Gasteiger partial charge is 0.270 e. The first-order valence-electron chi connectivity index (χ1n) is 9.97. The van der Waals surface area contributed by atoms with Gasteiger partial charge in [-0.15, -0.1) is 0 Å². The van der Waals surface area contributed by atoms with Gasteiger partial charge in [-0.1, -0.05) is 63.2 Å². The molecule has 3 aromatic rings. The highest BCUT2D eigenvalue weighted by Crippen LogP contribution is 2.27. The number of rotatable bonds is 4. The molecule has 1 aliphatic carbocycles. The molecule has 0 atom stereocenters. The van der Waals surface area contributed by atoms with Crippen molar-refractivity contribution in [3.05, 3.63) is 82.7 Å². The van der Waals surface area contributed by atoms with Crippen molar-refractivity contribution in [2.24, 2.45) is 0 Å². The van der Waals surface area contributed by atoms with E-state index in [4.69, 9.17) is 5.10 Å². The van der Waals surface area contributed by atoms with Crippen LogP contribution < -0.4 is 5.32 Å². The summed E-state index contributed by atoms with van der Waals surface area (Å²) in [6.07, 6.45) is 2.94.